The third kappa shape index (κ3) is 3.40. The van der Waals surface area contributed by atoms with E-state index in [1.54, 1.807) is 45.0 Å². The summed E-state index contributed by atoms with van der Waals surface area (Å²) in [6, 6.07) is 8.13. The monoisotopic (exact) mass is 286 g/mol. The van der Waals surface area contributed by atoms with E-state index in [1.165, 1.54) is 4.90 Å². The Morgan fingerprint density at radius 3 is 2.48 bits per heavy atom. The van der Waals surface area contributed by atoms with Gasteiger partial charge in [0.1, 0.15) is 11.6 Å². The summed E-state index contributed by atoms with van der Waals surface area (Å²) in [7, 11) is 0. The fraction of sp³-hybridized carbons (Fsp3) is 0.438. The Morgan fingerprint density at radius 2 is 1.95 bits per heavy atom. The van der Waals surface area contributed by atoms with Gasteiger partial charge >= 0.3 is 6.09 Å². The van der Waals surface area contributed by atoms with E-state index in [9.17, 15) is 9.59 Å². The van der Waals surface area contributed by atoms with Gasteiger partial charge in [0.2, 0.25) is 0 Å². The second-order valence-corrected chi connectivity index (χ2v) is 6.03. The maximum absolute atomic E-state index is 12.2. The molecule has 0 aliphatic carbocycles. The van der Waals surface area contributed by atoms with Crippen molar-refractivity contribution < 1.29 is 14.3 Å². The third-order valence-corrected chi connectivity index (χ3v) is 3.20. The van der Waals surface area contributed by atoms with Crippen LogP contribution in [0.5, 0.6) is 0 Å². The molecule has 1 aliphatic heterocycles. The summed E-state index contributed by atoms with van der Waals surface area (Å²) in [5.74, 6) is -0.00873. The van der Waals surface area contributed by atoms with Crippen LogP contribution < -0.4 is 0 Å². The van der Waals surface area contributed by atoms with Crippen LogP contribution in [0.15, 0.2) is 24.3 Å². The summed E-state index contributed by atoms with van der Waals surface area (Å²) in [5.41, 5.74) is 0.633. The van der Waals surface area contributed by atoms with Gasteiger partial charge in [0, 0.05) is 13.0 Å². The number of ketones is 1. The first-order valence-corrected chi connectivity index (χ1v) is 6.84. The van der Waals surface area contributed by atoms with Crippen molar-refractivity contribution in [2.75, 3.05) is 6.54 Å². The zero-order chi connectivity index (χ0) is 15.6. The van der Waals surface area contributed by atoms with E-state index in [2.05, 4.69) is 0 Å². The van der Waals surface area contributed by atoms with Crippen LogP contribution in [0.25, 0.3) is 0 Å². The normalized spacial score (nSPS) is 18.5. The highest BCUT2D eigenvalue weighted by molar-refractivity contribution is 5.91. The molecule has 1 heterocycles. The number of nitrogens with zero attached hydrogens (tertiary/aromatic N) is 2. The number of hydrogen-bond acceptors (Lipinski definition) is 4. The van der Waals surface area contributed by atoms with Crippen molar-refractivity contribution >= 4 is 11.9 Å². The molecule has 1 aliphatic rings. The van der Waals surface area contributed by atoms with Crippen LogP contribution in [0.4, 0.5) is 4.79 Å². The molecule has 0 radical (unpaired) electrons. The van der Waals surface area contributed by atoms with Crippen molar-refractivity contribution in [3.63, 3.8) is 0 Å². The van der Waals surface area contributed by atoms with Crippen LogP contribution in [0.1, 0.15) is 44.4 Å². The summed E-state index contributed by atoms with van der Waals surface area (Å²) >= 11 is 0. The van der Waals surface area contributed by atoms with Crippen LogP contribution in [-0.2, 0) is 9.53 Å². The SMILES string of the molecule is CC(C)(C)OC(=O)N1CCC(=O)C1c1ccc(C#N)cc1. The highest BCUT2D eigenvalue weighted by Gasteiger charge is 2.38. The lowest BCUT2D eigenvalue weighted by Gasteiger charge is -2.28. The topological polar surface area (TPSA) is 70.4 Å². The number of hydrogen-bond donors (Lipinski definition) is 0. The smallest absolute Gasteiger partial charge is 0.411 e. The third-order valence-electron chi connectivity index (χ3n) is 3.20. The van der Waals surface area contributed by atoms with Crippen molar-refractivity contribution in [2.24, 2.45) is 0 Å². The van der Waals surface area contributed by atoms with Gasteiger partial charge < -0.3 is 4.74 Å². The summed E-state index contributed by atoms with van der Waals surface area (Å²) in [6.07, 6.45) is -0.160. The number of nitriles is 1. The highest BCUT2D eigenvalue weighted by Crippen LogP contribution is 2.30. The van der Waals surface area contributed by atoms with E-state index >= 15 is 0 Å². The molecule has 0 saturated carbocycles. The minimum absolute atomic E-state index is 0.00873. The van der Waals surface area contributed by atoms with E-state index < -0.39 is 17.7 Å². The summed E-state index contributed by atoms with van der Waals surface area (Å²) < 4.78 is 5.35. The summed E-state index contributed by atoms with van der Waals surface area (Å²) in [6.45, 7) is 5.73. The van der Waals surface area contributed by atoms with Gasteiger partial charge in [-0.25, -0.2) is 4.79 Å². The van der Waals surface area contributed by atoms with Gasteiger partial charge in [-0.15, -0.1) is 0 Å². The number of likely N-dealkylation sites (tertiary alicyclic amines) is 1. The Balaban J connectivity index is 2.24. The fourth-order valence-corrected chi connectivity index (χ4v) is 2.29. The van der Waals surface area contributed by atoms with Crippen LogP contribution >= 0.6 is 0 Å². The first kappa shape index (κ1) is 15.0. The molecule has 0 bridgehead atoms. The average molecular weight is 286 g/mol. The molecule has 2 rings (SSSR count). The summed E-state index contributed by atoms with van der Waals surface area (Å²) in [5, 5.41) is 8.81. The lowest BCUT2D eigenvalue weighted by molar-refractivity contribution is -0.120. The Hall–Kier alpha value is -2.35. The van der Waals surface area contributed by atoms with E-state index in [-0.39, 0.29) is 5.78 Å². The van der Waals surface area contributed by atoms with E-state index in [0.717, 1.165) is 0 Å². The lowest BCUT2D eigenvalue weighted by atomic mass is 10.0. The standard InChI is InChI=1S/C16H18N2O3/c1-16(2,3)21-15(20)18-9-8-13(19)14(18)12-6-4-11(10-17)5-7-12/h4-7,14H,8-9H2,1-3H3. The molecule has 1 atom stereocenters. The number of Topliss-reactive ketones (excluding diaryl/α,β-unsaturated/α-hetero) is 1. The second kappa shape index (κ2) is 5.57. The molecule has 5 nitrogen and oxygen atoms in total. The first-order valence-electron chi connectivity index (χ1n) is 6.84. The molecule has 5 heteroatoms. The minimum Gasteiger partial charge on any atom is -0.444 e. The van der Waals surface area contributed by atoms with Gasteiger partial charge in [-0.05, 0) is 38.5 Å². The van der Waals surface area contributed by atoms with Gasteiger partial charge in [0.15, 0.2) is 5.78 Å². The Bertz CT molecular complexity index is 593. The molecule has 1 aromatic rings. The minimum atomic E-state index is -0.618. The second-order valence-electron chi connectivity index (χ2n) is 6.03. The molecule has 21 heavy (non-hydrogen) atoms. The molecule has 0 aromatic heterocycles. The molecule has 110 valence electrons. The molecule has 1 unspecified atom stereocenters. The van der Waals surface area contributed by atoms with Crippen molar-refractivity contribution in [3.8, 4) is 6.07 Å². The van der Waals surface area contributed by atoms with Crippen molar-refractivity contribution in [2.45, 2.75) is 38.8 Å². The molecular weight excluding hydrogens is 268 g/mol. The Kier molecular flexibility index (Phi) is 3.99. The number of ether oxygens (including phenoxy) is 1. The molecular formula is C16H18N2O3. The number of rotatable bonds is 1. The zero-order valence-electron chi connectivity index (χ0n) is 12.4. The van der Waals surface area contributed by atoms with Crippen molar-refractivity contribution in [1.82, 2.24) is 4.90 Å². The van der Waals surface area contributed by atoms with Crippen LogP contribution in [-0.4, -0.2) is 28.9 Å². The van der Waals surface area contributed by atoms with Crippen LogP contribution in [0, 0.1) is 11.3 Å². The number of amides is 1. The molecule has 0 spiro atoms. The van der Waals surface area contributed by atoms with E-state index in [1.807, 2.05) is 6.07 Å². The van der Waals surface area contributed by atoms with E-state index in [0.29, 0.717) is 24.1 Å². The maximum Gasteiger partial charge on any atom is 0.411 e. The first-order chi connectivity index (χ1) is 9.81. The molecule has 1 saturated heterocycles. The highest BCUT2D eigenvalue weighted by atomic mass is 16.6. The van der Waals surface area contributed by atoms with Crippen LogP contribution in [0.2, 0.25) is 0 Å². The largest absolute Gasteiger partial charge is 0.444 e. The fourth-order valence-electron chi connectivity index (χ4n) is 2.29. The van der Waals surface area contributed by atoms with Gasteiger partial charge in [-0.1, -0.05) is 12.1 Å². The van der Waals surface area contributed by atoms with Crippen molar-refractivity contribution in [1.29, 1.82) is 5.26 Å². The molecule has 1 amide bonds. The number of carbonyl (C=O) groups is 2. The zero-order valence-corrected chi connectivity index (χ0v) is 12.4. The van der Waals surface area contributed by atoms with Gasteiger partial charge in [0.05, 0.1) is 11.6 Å². The molecule has 1 fully saturated rings. The maximum atomic E-state index is 12.2. The van der Waals surface area contributed by atoms with Crippen LogP contribution in [0.3, 0.4) is 0 Å². The lowest BCUT2D eigenvalue weighted by Crippen LogP contribution is -2.37. The molecule has 0 N–H and O–H groups in total. The van der Waals surface area contributed by atoms with E-state index in [4.69, 9.17) is 10.00 Å². The molecule has 1 aromatic carbocycles. The Morgan fingerprint density at radius 1 is 1.33 bits per heavy atom. The quantitative estimate of drug-likeness (QED) is 0.796. The van der Waals surface area contributed by atoms with Gasteiger partial charge in [-0.3, -0.25) is 9.69 Å². The predicted octanol–water partition coefficient (Wildman–Crippen LogP) is 2.81. The number of benzene rings is 1. The summed E-state index contributed by atoms with van der Waals surface area (Å²) in [4.78, 5) is 25.8. The van der Waals surface area contributed by atoms with Gasteiger partial charge in [-0.2, -0.15) is 5.26 Å². The number of carbonyl (C=O) groups excluding carboxylic acids is 2. The Labute approximate surface area is 124 Å². The van der Waals surface area contributed by atoms with Gasteiger partial charge in [0.25, 0.3) is 0 Å². The predicted molar refractivity (Wildman–Crippen MR) is 76.5 cm³/mol. The average Bonchev–Trinajstić information content (AvgIpc) is 2.79. The van der Waals surface area contributed by atoms with Crippen molar-refractivity contribution in [3.05, 3.63) is 35.4 Å².